The van der Waals surface area contributed by atoms with Crippen LogP contribution in [-0.4, -0.2) is 22.4 Å². The molecule has 27 heavy (non-hydrogen) atoms. The van der Waals surface area contributed by atoms with Crippen LogP contribution >= 0.6 is 23.2 Å². The Morgan fingerprint density at radius 1 is 1.19 bits per heavy atom. The maximum atomic E-state index is 13.7. The molecule has 3 aromatic rings. The summed E-state index contributed by atoms with van der Waals surface area (Å²) < 4.78 is 27.5. The molecule has 1 aromatic heterocycles. The molecule has 0 radical (unpaired) electrons. The summed E-state index contributed by atoms with van der Waals surface area (Å²) in [4.78, 5) is 7.46. The van der Waals surface area contributed by atoms with Gasteiger partial charge in [-0.05, 0) is 29.8 Å². The van der Waals surface area contributed by atoms with Crippen molar-refractivity contribution in [2.75, 3.05) is 11.9 Å². The molecule has 0 aliphatic heterocycles. The van der Waals surface area contributed by atoms with Crippen molar-refractivity contribution >= 4 is 40.2 Å². The van der Waals surface area contributed by atoms with Crippen molar-refractivity contribution in [1.29, 1.82) is 5.26 Å². The van der Waals surface area contributed by atoms with Crippen LogP contribution in [0.3, 0.4) is 0 Å². The fraction of sp³-hybridized carbons (Fsp3) is 0.263. The highest BCUT2D eigenvalue weighted by Gasteiger charge is 2.57. The summed E-state index contributed by atoms with van der Waals surface area (Å²) in [5, 5.41) is 13.0. The van der Waals surface area contributed by atoms with Crippen LogP contribution in [0.15, 0.2) is 36.4 Å². The molecule has 0 atom stereocenters. The molecule has 2 aromatic carbocycles. The van der Waals surface area contributed by atoms with E-state index in [1.807, 2.05) is 0 Å². The number of nitriles is 1. The van der Waals surface area contributed by atoms with Gasteiger partial charge in [-0.3, -0.25) is 0 Å². The van der Waals surface area contributed by atoms with Crippen molar-refractivity contribution < 1.29 is 8.78 Å². The summed E-state index contributed by atoms with van der Waals surface area (Å²) in [5.74, 6) is -2.28. The van der Waals surface area contributed by atoms with Gasteiger partial charge in [-0.15, -0.1) is 0 Å². The maximum Gasteiger partial charge on any atom is 0.250 e. The Kier molecular flexibility index (Phi) is 4.25. The number of alkyl halides is 2. The van der Waals surface area contributed by atoms with Crippen LogP contribution in [-0.2, 0) is 5.41 Å². The lowest BCUT2D eigenvalue weighted by molar-refractivity contribution is -0.122. The Labute approximate surface area is 164 Å². The number of H-pyrrole nitrogens is 1. The van der Waals surface area contributed by atoms with Gasteiger partial charge in [0, 0.05) is 24.8 Å². The van der Waals surface area contributed by atoms with Crippen molar-refractivity contribution in [2.24, 2.45) is 0 Å². The fourth-order valence-electron chi connectivity index (χ4n) is 3.65. The molecule has 1 aliphatic rings. The lowest BCUT2D eigenvalue weighted by Crippen LogP contribution is -2.53. The minimum atomic E-state index is -2.71. The summed E-state index contributed by atoms with van der Waals surface area (Å²) in [6.45, 7) is 0.252. The van der Waals surface area contributed by atoms with Crippen molar-refractivity contribution in [2.45, 2.75) is 24.2 Å². The van der Waals surface area contributed by atoms with E-state index in [-0.39, 0.29) is 19.4 Å². The van der Waals surface area contributed by atoms with Gasteiger partial charge < -0.3 is 10.3 Å². The molecule has 2 N–H and O–H groups in total. The Morgan fingerprint density at radius 2 is 1.96 bits per heavy atom. The minimum absolute atomic E-state index is 0.252. The van der Waals surface area contributed by atoms with Gasteiger partial charge in [-0.1, -0.05) is 35.3 Å². The second-order valence-electron chi connectivity index (χ2n) is 6.87. The zero-order chi connectivity index (χ0) is 19.2. The zero-order valence-corrected chi connectivity index (χ0v) is 15.5. The van der Waals surface area contributed by atoms with Gasteiger partial charge in [-0.2, -0.15) is 5.26 Å². The molecule has 1 aliphatic carbocycles. The van der Waals surface area contributed by atoms with Crippen LogP contribution in [0.4, 0.5) is 14.7 Å². The number of aromatic nitrogens is 2. The largest absolute Gasteiger partial charge is 0.355 e. The zero-order valence-electron chi connectivity index (χ0n) is 14.0. The Bertz CT molecular complexity index is 1060. The highest BCUT2D eigenvalue weighted by atomic mass is 35.5. The predicted molar refractivity (Wildman–Crippen MR) is 102 cm³/mol. The van der Waals surface area contributed by atoms with Crippen molar-refractivity contribution in [1.82, 2.24) is 9.97 Å². The molecule has 8 heteroatoms. The van der Waals surface area contributed by atoms with E-state index in [0.717, 1.165) is 0 Å². The van der Waals surface area contributed by atoms with Crippen LogP contribution < -0.4 is 5.32 Å². The number of anilines is 1. The first-order chi connectivity index (χ1) is 12.8. The van der Waals surface area contributed by atoms with Crippen molar-refractivity contribution in [3.63, 3.8) is 0 Å². The topological polar surface area (TPSA) is 64.5 Å². The standard InChI is InChI=1S/C19H14Cl2F2N4/c20-13-5-4-12(6-14(13)21)18(8-19(22,23)9-18)10-25-17-26-15-3-1-2-11(7-24)16(15)27-17/h1-6H,8-10H2,(H2,25,26,27). The van der Waals surface area contributed by atoms with Gasteiger partial charge in [0.1, 0.15) is 11.6 Å². The second kappa shape index (κ2) is 6.36. The first-order valence-corrected chi connectivity index (χ1v) is 9.04. The van der Waals surface area contributed by atoms with Crippen LogP contribution in [0, 0.1) is 11.3 Å². The SMILES string of the molecule is N#Cc1cccc2[nH]c(NCC3(c4ccc(Cl)c(Cl)c4)CC(F)(F)C3)nc12. The summed E-state index contributed by atoms with van der Waals surface area (Å²) in [5.41, 5.74) is 1.65. The van der Waals surface area contributed by atoms with E-state index in [4.69, 9.17) is 23.2 Å². The van der Waals surface area contributed by atoms with E-state index in [1.165, 1.54) is 0 Å². The molecule has 1 fully saturated rings. The third kappa shape index (κ3) is 3.22. The Hall–Kier alpha value is -2.36. The molecule has 0 unspecified atom stereocenters. The summed E-state index contributed by atoms with van der Waals surface area (Å²) >= 11 is 12.0. The van der Waals surface area contributed by atoms with E-state index >= 15 is 0 Å². The highest BCUT2D eigenvalue weighted by Crippen LogP contribution is 2.54. The number of rotatable bonds is 4. The summed E-state index contributed by atoms with van der Waals surface area (Å²) in [6, 6.07) is 12.3. The molecule has 4 rings (SSSR count). The normalized spacial score (nSPS) is 17.3. The molecule has 1 heterocycles. The van der Waals surface area contributed by atoms with E-state index in [2.05, 4.69) is 21.4 Å². The number of hydrogen-bond acceptors (Lipinski definition) is 3. The first kappa shape index (κ1) is 18.0. The number of para-hydroxylation sites is 1. The van der Waals surface area contributed by atoms with Gasteiger partial charge in [0.15, 0.2) is 0 Å². The molecular weight excluding hydrogens is 393 g/mol. The van der Waals surface area contributed by atoms with Crippen LogP contribution in [0.25, 0.3) is 11.0 Å². The molecule has 0 saturated heterocycles. The molecular formula is C19H14Cl2F2N4. The van der Waals surface area contributed by atoms with Crippen LogP contribution in [0.5, 0.6) is 0 Å². The average Bonchev–Trinajstić information content (AvgIpc) is 3.03. The van der Waals surface area contributed by atoms with E-state index < -0.39 is 11.3 Å². The van der Waals surface area contributed by atoms with Crippen LogP contribution in [0.2, 0.25) is 10.0 Å². The van der Waals surface area contributed by atoms with Gasteiger partial charge in [-0.25, -0.2) is 13.8 Å². The average molecular weight is 407 g/mol. The van der Waals surface area contributed by atoms with Crippen molar-refractivity contribution in [3.05, 3.63) is 57.6 Å². The van der Waals surface area contributed by atoms with E-state index in [0.29, 0.717) is 38.2 Å². The molecule has 0 bridgehead atoms. The number of benzene rings is 2. The number of nitrogens with one attached hydrogen (secondary N) is 2. The Balaban J connectivity index is 1.62. The van der Waals surface area contributed by atoms with Gasteiger partial charge in [0.25, 0.3) is 0 Å². The van der Waals surface area contributed by atoms with Crippen LogP contribution in [0.1, 0.15) is 24.0 Å². The summed E-state index contributed by atoms with van der Waals surface area (Å²) in [7, 11) is 0. The molecule has 1 saturated carbocycles. The lowest BCUT2D eigenvalue weighted by Gasteiger charge is -2.48. The number of hydrogen-bond donors (Lipinski definition) is 2. The molecule has 0 spiro atoms. The number of aromatic amines is 1. The first-order valence-electron chi connectivity index (χ1n) is 8.28. The van der Waals surface area contributed by atoms with E-state index in [9.17, 15) is 14.0 Å². The number of nitrogens with zero attached hydrogens (tertiary/aromatic N) is 2. The van der Waals surface area contributed by atoms with Gasteiger partial charge in [0.2, 0.25) is 11.9 Å². The van der Waals surface area contributed by atoms with Gasteiger partial charge >= 0.3 is 0 Å². The third-order valence-electron chi connectivity index (χ3n) is 4.95. The summed E-state index contributed by atoms with van der Waals surface area (Å²) in [6.07, 6.45) is -0.566. The number of imidazole rings is 1. The van der Waals surface area contributed by atoms with Gasteiger partial charge in [0.05, 0.1) is 21.1 Å². The Morgan fingerprint density at radius 3 is 2.63 bits per heavy atom. The predicted octanol–water partition coefficient (Wildman–Crippen LogP) is 5.52. The highest BCUT2D eigenvalue weighted by molar-refractivity contribution is 6.42. The van der Waals surface area contributed by atoms with E-state index in [1.54, 1.807) is 36.4 Å². The quantitative estimate of drug-likeness (QED) is 0.599. The molecule has 138 valence electrons. The third-order valence-corrected chi connectivity index (χ3v) is 5.69. The fourth-order valence-corrected chi connectivity index (χ4v) is 3.95. The number of halogens is 4. The minimum Gasteiger partial charge on any atom is -0.355 e. The second-order valence-corrected chi connectivity index (χ2v) is 7.69. The number of fused-ring (bicyclic) bond motifs is 1. The monoisotopic (exact) mass is 406 g/mol. The van der Waals surface area contributed by atoms with Crippen molar-refractivity contribution in [3.8, 4) is 6.07 Å². The molecule has 0 amide bonds. The smallest absolute Gasteiger partial charge is 0.250 e. The lowest BCUT2D eigenvalue weighted by atomic mass is 9.62. The maximum absolute atomic E-state index is 13.7. The molecule has 4 nitrogen and oxygen atoms in total.